The Morgan fingerprint density at radius 3 is 1.63 bits per heavy atom. The van der Waals surface area contributed by atoms with Gasteiger partial charge in [0.2, 0.25) is 0 Å². The van der Waals surface area contributed by atoms with E-state index in [1.807, 2.05) is 0 Å². The SMILES string of the molecule is [2H]c1c([2H])c([2H])c(-c2c3c([2H])c([2H])c([2H])c([2H])c3c(-c3c([2H])c([2H])c4c([2H])c([2H])c([2H])c([2H])c4c3[2H])c3c([2H])c([2H])c([2H])c([2H])c23)c(-c2c([2H])c([2H])c3c(oc4c([2H])c([2H])c([2H])c([2H])c43)c2[2H])c1[2H]. The lowest BCUT2D eigenvalue weighted by molar-refractivity contribution is 0.669. The van der Waals surface area contributed by atoms with Crippen molar-refractivity contribution in [2.75, 3.05) is 0 Å². The lowest BCUT2D eigenvalue weighted by Gasteiger charge is -2.20. The van der Waals surface area contributed by atoms with E-state index < -0.39 is 239 Å². The summed E-state index contributed by atoms with van der Waals surface area (Å²) in [6.45, 7) is 0. The highest BCUT2D eigenvalue weighted by molar-refractivity contribution is 6.22. The summed E-state index contributed by atoms with van der Waals surface area (Å²) in [5, 5.41) is -5.06. The minimum Gasteiger partial charge on any atom is -0.456 e. The van der Waals surface area contributed by atoms with Crippen LogP contribution in [-0.4, -0.2) is 0 Å². The zero-order chi connectivity index (χ0) is 51.0. The molecule has 0 aliphatic carbocycles. The van der Waals surface area contributed by atoms with Crippen LogP contribution in [0.25, 0.3) is 87.6 Å². The maximum absolute atomic E-state index is 9.47. The molecule has 9 rings (SSSR count). The van der Waals surface area contributed by atoms with Crippen molar-refractivity contribution in [2.24, 2.45) is 0 Å². The van der Waals surface area contributed by atoms with Gasteiger partial charge in [0.15, 0.2) is 0 Å². The minimum absolute atomic E-state index is 0.382. The molecule has 9 aromatic rings. The summed E-state index contributed by atoms with van der Waals surface area (Å²) < 4.78 is 238. The zero-order valence-corrected chi connectivity index (χ0v) is 21.4. The van der Waals surface area contributed by atoms with Gasteiger partial charge in [0.05, 0.1) is 35.6 Å². The summed E-state index contributed by atoms with van der Waals surface area (Å²) in [5.41, 5.74) is -5.91. The monoisotopic (exact) mass is 572 g/mol. The molecule has 0 aliphatic rings. The molecule has 0 unspecified atom stereocenters. The van der Waals surface area contributed by atoms with Crippen LogP contribution in [0.2, 0.25) is 0 Å². The molecule has 0 aliphatic heterocycles. The van der Waals surface area contributed by atoms with Gasteiger partial charge in [0, 0.05) is 10.8 Å². The Kier molecular flexibility index (Phi) is 2.13. The van der Waals surface area contributed by atoms with Crippen molar-refractivity contribution in [3.63, 3.8) is 0 Å². The second-order valence-corrected chi connectivity index (χ2v) is 9.26. The fourth-order valence-corrected chi connectivity index (χ4v) is 5.14. The molecule has 43 heavy (non-hydrogen) atoms. The fraction of sp³-hybridized carbons (Fsp3) is 0. The Morgan fingerprint density at radius 2 is 0.884 bits per heavy atom. The molecule has 1 heterocycles. The molecular formula is C42H26O. The Balaban J connectivity index is 1.62. The van der Waals surface area contributed by atoms with Gasteiger partial charge >= 0.3 is 0 Å². The smallest absolute Gasteiger partial charge is 0.136 e. The van der Waals surface area contributed by atoms with Crippen molar-refractivity contribution in [3.8, 4) is 33.4 Å². The third-order valence-electron chi connectivity index (χ3n) is 6.95. The van der Waals surface area contributed by atoms with Crippen molar-refractivity contribution < 1.29 is 40.1 Å². The second kappa shape index (κ2) is 9.44. The lowest BCUT2D eigenvalue weighted by atomic mass is 9.83. The quantitative estimate of drug-likeness (QED) is 0.192. The Morgan fingerprint density at radius 1 is 0.349 bits per heavy atom. The highest BCUT2D eigenvalue weighted by Gasteiger charge is 2.19. The van der Waals surface area contributed by atoms with Crippen LogP contribution in [0.3, 0.4) is 0 Å². The molecule has 0 amide bonds. The number of furan rings is 1. The number of rotatable bonds is 3. The number of hydrogen-bond donors (Lipinski definition) is 0. The number of benzene rings is 8. The van der Waals surface area contributed by atoms with E-state index in [9.17, 15) is 13.7 Å². The molecule has 0 atom stereocenters. The molecule has 0 fully saturated rings. The number of hydrogen-bond acceptors (Lipinski definition) is 1. The van der Waals surface area contributed by atoms with E-state index in [4.69, 9.17) is 26.3 Å². The Hall–Kier alpha value is -5.66. The molecule has 8 aromatic carbocycles. The summed E-state index contributed by atoms with van der Waals surface area (Å²) in [6.07, 6.45) is 0. The number of fused-ring (bicyclic) bond motifs is 6. The van der Waals surface area contributed by atoms with Crippen molar-refractivity contribution in [1.29, 1.82) is 0 Å². The molecule has 200 valence electrons. The van der Waals surface area contributed by atoms with Crippen LogP contribution in [0.1, 0.15) is 35.6 Å². The molecule has 0 saturated heterocycles. The first-order valence-electron chi connectivity index (χ1n) is 25.7. The number of para-hydroxylation sites is 1. The van der Waals surface area contributed by atoms with Crippen molar-refractivity contribution >= 4 is 54.3 Å². The highest BCUT2D eigenvalue weighted by atomic mass is 16.3. The first-order chi connectivity index (χ1) is 32.2. The zero-order valence-electron chi connectivity index (χ0n) is 47.4. The topological polar surface area (TPSA) is 13.1 Å². The molecule has 1 nitrogen and oxygen atoms in total. The molecule has 0 saturated carbocycles. The fourth-order valence-electron chi connectivity index (χ4n) is 5.14. The molecular weight excluding hydrogens is 520 g/mol. The highest BCUT2D eigenvalue weighted by Crippen LogP contribution is 2.46. The van der Waals surface area contributed by atoms with Crippen LogP contribution >= 0.6 is 0 Å². The van der Waals surface area contributed by atoms with Crippen molar-refractivity contribution in [2.45, 2.75) is 0 Å². The van der Waals surface area contributed by atoms with Gasteiger partial charge in [0.1, 0.15) is 11.2 Å². The van der Waals surface area contributed by atoms with Gasteiger partial charge in [-0.05, 0) is 89.9 Å². The summed E-state index contributed by atoms with van der Waals surface area (Å²) in [4.78, 5) is 0. The van der Waals surface area contributed by atoms with Crippen LogP contribution in [-0.2, 0) is 0 Å². The average Bonchev–Trinajstić information content (AvgIpc) is 3.73. The van der Waals surface area contributed by atoms with Crippen LogP contribution in [0.15, 0.2) is 162 Å². The van der Waals surface area contributed by atoms with Crippen LogP contribution in [0, 0.1) is 0 Å². The maximum atomic E-state index is 9.47. The van der Waals surface area contributed by atoms with Crippen LogP contribution in [0.4, 0.5) is 0 Å². The van der Waals surface area contributed by atoms with Crippen LogP contribution in [0.5, 0.6) is 0 Å². The summed E-state index contributed by atoms with van der Waals surface area (Å²) in [5.74, 6) is 0. The van der Waals surface area contributed by atoms with Gasteiger partial charge in [-0.2, -0.15) is 0 Å². The molecule has 0 N–H and O–H groups in total. The van der Waals surface area contributed by atoms with E-state index in [0.717, 1.165) is 0 Å². The molecule has 0 radical (unpaired) electrons. The van der Waals surface area contributed by atoms with Gasteiger partial charge in [0.25, 0.3) is 0 Å². The maximum Gasteiger partial charge on any atom is 0.136 e. The van der Waals surface area contributed by atoms with E-state index in [0.29, 0.717) is 0 Å². The lowest BCUT2D eigenvalue weighted by Crippen LogP contribution is -1.92. The van der Waals surface area contributed by atoms with Crippen LogP contribution < -0.4 is 0 Å². The second-order valence-electron chi connectivity index (χ2n) is 9.26. The Bertz CT molecular complexity index is 3890. The average molecular weight is 573 g/mol. The van der Waals surface area contributed by atoms with Gasteiger partial charge in [-0.25, -0.2) is 0 Å². The summed E-state index contributed by atoms with van der Waals surface area (Å²) in [7, 11) is 0. The van der Waals surface area contributed by atoms with Gasteiger partial charge < -0.3 is 4.42 Å². The van der Waals surface area contributed by atoms with E-state index in [2.05, 4.69) is 0 Å². The van der Waals surface area contributed by atoms with Crippen molar-refractivity contribution in [3.05, 3.63) is 157 Å². The van der Waals surface area contributed by atoms with Gasteiger partial charge in [-0.15, -0.1) is 0 Å². The van der Waals surface area contributed by atoms with E-state index in [1.165, 1.54) is 0 Å². The predicted octanol–water partition coefficient (Wildman–Crippen LogP) is 12.0. The summed E-state index contributed by atoms with van der Waals surface area (Å²) >= 11 is 0. The molecule has 1 aromatic heterocycles. The van der Waals surface area contributed by atoms with E-state index in [-0.39, 0.29) is 5.39 Å². The molecule has 0 spiro atoms. The third kappa shape index (κ3) is 3.72. The predicted molar refractivity (Wildman–Crippen MR) is 183 cm³/mol. The molecule has 1 heteroatoms. The van der Waals surface area contributed by atoms with E-state index in [1.54, 1.807) is 0 Å². The summed E-state index contributed by atoms with van der Waals surface area (Å²) in [6, 6.07) is -23.9. The van der Waals surface area contributed by atoms with Gasteiger partial charge in [-0.1, -0.05) is 133 Å². The van der Waals surface area contributed by atoms with E-state index >= 15 is 0 Å². The first kappa shape index (κ1) is 9.69. The standard InChI is InChI=1S/C42H26O/c1-2-12-28-25-30(22-21-27(28)11-1)41-35-16-5-7-18-37(35)42(38-19-8-6-17-36(38)41)34-15-4-3-13-31(34)29-23-24-33-32-14-9-10-20-39(32)43-40(33)26-29/h1-26H/i1D,2D,3D,4D,5D,6D,7D,8D,9D,10D,11D,12D,13D,14D,15D,16D,17D,18D,19D,20D,21D,22D,23D,24D,25D,26D. The molecule has 0 bridgehead atoms. The third-order valence-corrected chi connectivity index (χ3v) is 6.95. The van der Waals surface area contributed by atoms with Crippen molar-refractivity contribution in [1.82, 2.24) is 0 Å². The Labute approximate surface area is 285 Å². The minimum atomic E-state index is -1.06. The van der Waals surface area contributed by atoms with Gasteiger partial charge in [-0.3, -0.25) is 0 Å². The largest absolute Gasteiger partial charge is 0.456 e. The normalized spacial score (nSPS) is 20.2. The first-order valence-corrected chi connectivity index (χ1v) is 12.7.